The van der Waals surface area contributed by atoms with Gasteiger partial charge in [-0.2, -0.15) is 0 Å². The summed E-state index contributed by atoms with van der Waals surface area (Å²) in [6, 6.07) is 17.3. The average molecular weight is 389 g/mol. The Hall–Kier alpha value is -3.41. The molecule has 2 heterocycles. The molecule has 3 aromatic rings. The van der Waals surface area contributed by atoms with Crippen LogP contribution in [0.3, 0.4) is 0 Å². The summed E-state index contributed by atoms with van der Waals surface area (Å²) in [7, 11) is 0. The fraction of sp³-hybridized carbons (Fsp3) is 0.261. The molecule has 0 unspecified atom stereocenters. The van der Waals surface area contributed by atoms with E-state index < -0.39 is 0 Å². The number of carbonyl (C=O) groups excluding carboxylic acids is 2. The number of fused-ring (bicyclic) bond motifs is 1. The van der Waals surface area contributed by atoms with E-state index in [1.165, 1.54) is 0 Å². The Morgan fingerprint density at radius 1 is 1.14 bits per heavy atom. The zero-order valence-corrected chi connectivity index (χ0v) is 16.1. The lowest BCUT2D eigenvalue weighted by atomic mass is 10.1. The summed E-state index contributed by atoms with van der Waals surface area (Å²) in [6.07, 6.45) is 3.94. The van der Waals surface area contributed by atoms with Gasteiger partial charge in [0, 0.05) is 42.8 Å². The van der Waals surface area contributed by atoms with E-state index in [2.05, 4.69) is 10.3 Å². The number of para-hydroxylation sites is 1. The summed E-state index contributed by atoms with van der Waals surface area (Å²) in [5.41, 5.74) is 2.88. The third-order valence-corrected chi connectivity index (χ3v) is 5.01. The summed E-state index contributed by atoms with van der Waals surface area (Å²) in [4.78, 5) is 30.2. The van der Waals surface area contributed by atoms with Crippen molar-refractivity contribution in [3.63, 3.8) is 0 Å². The molecule has 0 aliphatic carbocycles. The van der Waals surface area contributed by atoms with Gasteiger partial charge < -0.3 is 15.0 Å². The van der Waals surface area contributed by atoms with E-state index in [1.54, 1.807) is 23.2 Å². The highest BCUT2D eigenvalue weighted by atomic mass is 16.5. The first-order chi connectivity index (χ1) is 14.2. The molecule has 2 aromatic carbocycles. The fourth-order valence-corrected chi connectivity index (χ4v) is 3.57. The quantitative estimate of drug-likeness (QED) is 0.674. The van der Waals surface area contributed by atoms with Crippen LogP contribution in [-0.4, -0.2) is 36.5 Å². The molecule has 0 spiro atoms. The summed E-state index contributed by atoms with van der Waals surface area (Å²) >= 11 is 0. The van der Waals surface area contributed by atoms with Gasteiger partial charge in [0.05, 0.1) is 5.52 Å². The van der Waals surface area contributed by atoms with Gasteiger partial charge in [-0.15, -0.1) is 0 Å². The molecule has 2 amide bonds. The van der Waals surface area contributed by atoms with Gasteiger partial charge >= 0.3 is 0 Å². The van der Waals surface area contributed by atoms with Gasteiger partial charge in [0.2, 0.25) is 5.91 Å². The molecule has 6 heteroatoms. The molecule has 0 bridgehead atoms. The molecule has 1 N–H and O–H groups in total. The number of anilines is 1. The highest BCUT2D eigenvalue weighted by Gasteiger charge is 2.21. The topological polar surface area (TPSA) is 71.5 Å². The lowest BCUT2D eigenvalue weighted by Gasteiger charge is -2.16. The molecule has 0 atom stereocenters. The first-order valence-electron chi connectivity index (χ1n) is 9.83. The Labute approximate surface area is 169 Å². The van der Waals surface area contributed by atoms with Gasteiger partial charge in [-0.25, -0.2) is 0 Å². The maximum atomic E-state index is 12.1. The minimum absolute atomic E-state index is 0.0643. The van der Waals surface area contributed by atoms with E-state index in [0.29, 0.717) is 25.1 Å². The number of aromatic nitrogens is 1. The molecule has 1 fully saturated rings. The second-order valence-corrected chi connectivity index (χ2v) is 7.03. The van der Waals surface area contributed by atoms with E-state index in [9.17, 15) is 9.59 Å². The highest BCUT2D eigenvalue weighted by molar-refractivity contribution is 5.95. The lowest BCUT2D eigenvalue weighted by Crippen LogP contribution is -2.30. The molecule has 1 aromatic heterocycles. The fourth-order valence-electron chi connectivity index (χ4n) is 3.57. The second kappa shape index (κ2) is 8.73. The van der Waals surface area contributed by atoms with Gasteiger partial charge in [0.1, 0.15) is 5.75 Å². The third kappa shape index (κ3) is 4.54. The van der Waals surface area contributed by atoms with E-state index in [4.69, 9.17) is 4.74 Å². The summed E-state index contributed by atoms with van der Waals surface area (Å²) < 4.78 is 5.61. The van der Waals surface area contributed by atoms with Gasteiger partial charge in [-0.05, 0) is 36.6 Å². The van der Waals surface area contributed by atoms with Crippen LogP contribution in [0.2, 0.25) is 0 Å². The molecular weight excluding hydrogens is 366 g/mol. The van der Waals surface area contributed by atoms with Crippen molar-refractivity contribution < 1.29 is 14.3 Å². The molecule has 1 saturated heterocycles. The molecule has 29 heavy (non-hydrogen) atoms. The zero-order valence-electron chi connectivity index (χ0n) is 16.1. The van der Waals surface area contributed by atoms with Crippen LogP contribution in [0, 0.1) is 0 Å². The first kappa shape index (κ1) is 18.9. The summed E-state index contributed by atoms with van der Waals surface area (Å²) in [6.45, 7) is 1.18. The van der Waals surface area contributed by atoms with Crippen LogP contribution in [-0.2, 0) is 16.0 Å². The molecule has 0 radical (unpaired) electrons. The van der Waals surface area contributed by atoms with Gasteiger partial charge in [0.15, 0.2) is 6.61 Å². The molecule has 1 aliphatic heterocycles. The number of nitrogens with one attached hydrogen (secondary N) is 1. The van der Waals surface area contributed by atoms with Crippen molar-refractivity contribution in [3.05, 3.63) is 66.4 Å². The van der Waals surface area contributed by atoms with Crippen molar-refractivity contribution >= 4 is 28.4 Å². The second-order valence-electron chi connectivity index (χ2n) is 7.03. The Morgan fingerprint density at radius 2 is 2.00 bits per heavy atom. The Kier molecular flexibility index (Phi) is 5.70. The maximum absolute atomic E-state index is 12.1. The van der Waals surface area contributed by atoms with Crippen LogP contribution in [0.25, 0.3) is 10.9 Å². The third-order valence-electron chi connectivity index (χ3n) is 5.01. The molecule has 0 saturated carbocycles. The normalized spacial score (nSPS) is 13.7. The zero-order chi connectivity index (χ0) is 20.1. The molecule has 148 valence electrons. The number of hydrogen-bond acceptors (Lipinski definition) is 4. The SMILES string of the molecule is O=C(COc1cccc(N2CCCC2=O)c1)NCCc1cccc2cccnc12. The van der Waals surface area contributed by atoms with Gasteiger partial charge in [-0.1, -0.05) is 30.3 Å². The van der Waals surface area contributed by atoms with Crippen molar-refractivity contribution in [1.82, 2.24) is 10.3 Å². The largest absolute Gasteiger partial charge is 0.484 e. The van der Waals surface area contributed by atoms with Crippen LogP contribution in [0.1, 0.15) is 18.4 Å². The smallest absolute Gasteiger partial charge is 0.257 e. The van der Waals surface area contributed by atoms with Crippen molar-refractivity contribution in [3.8, 4) is 5.75 Å². The Balaban J connectivity index is 1.28. The van der Waals surface area contributed by atoms with Crippen molar-refractivity contribution in [1.29, 1.82) is 0 Å². The van der Waals surface area contributed by atoms with Gasteiger partial charge in [-0.3, -0.25) is 14.6 Å². The van der Waals surface area contributed by atoms with Crippen LogP contribution in [0.15, 0.2) is 60.8 Å². The number of amides is 2. The maximum Gasteiger partial charge on any atom is 0.257 e. The van der Waals surface area contributed by atoms with Gasteiger partial charge in [0.25, 0.3) is 5.91 Å². The van der Waals surface area contributed by atoms with Crippen molar-refractivity contribution in [2.45, 2.75) is 19.3 Å². The van der Waals surface area contributed by atoms with E-state index in [0.717, 1.165) is 35.1 Å². The molecule has 1 aliphatic rings. The monoisotopic (exact) mass is 389 g/mol. The Morgan fingerprint density at radius 3 is 2.86 bits per heavy atom. The van der Waals surface area contributed by atoms with Crippen LogP contribution in [0.5, 0.6) is 5.75 Å². The Bertz CT molecular complexity index is 1030. The number of ether oxygens (including phenoxy) is 1. The van der Waals surface area contributed by atoms with E-state index in [-0.39, 0.29) is 18.4 Å². The van der Waals surface area contributed by atoms with Crippen LogP contribution in [0.4, 0.5) is 5.69 Å². The average Bonchev–Trinajstić information content (AvgIpc) is 3.18. The number of rotatable bonds is 7. The van der Waals surface area contributed by atoms with E-state index in [1.807, 2.05) is 42.5 Å². The predicted octanol–water partition coefficient (Wildman–Crippen LogP) is 3.10. The summed E-state index contributed by atoms with van der Waals surface area (Å²) in [5.74, 6) is 0.527. The molecule has 6 nitrogen and oxygen atoms in total. The number of carbonyl (C=O) groups is 2. The first-order valence-corrected chi connectivity index (χ1v) is 9.83. The number of hydrogen-bond donors (Lipinski definition) is 1. The number of pyridine rings is 1. The van der Waals surface area contributed by atoms with Crippen molar-refractivity contribution in [2.24, 2.45) is 0 Å². The number of benzene rings is 2. The lowest BCUT2D eigenvalue weighted by molar-refractivity contribution is -0.123. The summed E-state index contributed by atoms with van der Waals surface area (Å²) in [5, 5.41) is 3.98. The van der Waals surface area contributed by atoms with Crippen molar-refractivity contribution in [2.75, 3.05) is 24.6 Å². The standard InChI is InChI=1S/C23H23N3O3/c27-21(24-13-11-18-6-1-5-17-7-3-12-25-23(17)18)16-29-20-9-2-8-19(15-20)26-14-4-10-22(26)28/h1-3,5-9,12,15H,4,10-11,13-14,16H2,(H,24,27). The molecule has 4 rings (SSSR count). The highest BCUT2D eigenvalue weighted by Crippen LogP contribution is 2.25. The predicted molar refractivity (Wildman–Crippen MR) is 112 cm³/mol. The minimum atomic E-state index is -0.180. The van der Waals surface area contributed by atoms with E-state index >= 15 is 0 Å². The van der Waals surface area contributed by atoms with Crippen LogP contribution < -0.4 is 15.0 Å². The molecular formula is C23H23N3O3. The number of nitrogens with zero attached hydrogens (tertiary/aromatic N) is 2. The van der Waals surface area contributed by atoms with Crippen LogP contribution >= 0.6 is 0 Å². The minimum Gasteiger partial charge on any atom is -0.484 e.